The van der Waals surface area contributed by atoms with Gasteiger partial charge in [0.25, 0.3) is 0 Å². The van der Waals surface area contributed by atoms with Crippen LogP contribution in [0.5, 0.6) is 0 Å². The molecule has 3 aliphatic carbocycles. The highest BCUT2D eigenvalue weighted by atomic mass is 16.1. The lowest BCUT2D eigenvalue weighted by Crippen LogP contribution is -2.26. The first kappa shape index (κ1) is 10.6. The number of ketones is 1. The molecule has 2 saturated carbocycles. The number of carbonyl (C=O) groups is 1. The highest BCUT2D eigenvalue weighted by Gasteiger charge is 2.66. The van der Waals surface area contributed by atoms with Crippen molar-refractivity contribution in [3.05, 3.63) is 11.6 Å². The highest BCUT2D eigenvalue weighted by Crippen LogP contribution is 2.72. The van der Waals surface area contributed by atoms with Crippen LogP contribution in [0.3, 0.4) is 0 Å². The summed E-state index contributed by atoms with van der Waals surface area (Å²) < 4.78 is 0. The molecular weight excluding hydrogens is 196 g/mol. The smallest absolute Gasteiger partial charge is 0.155 e. The first-order valence-electron chi connectivity index (χ1n) is 6.79. The van der Waals surface area contributed by atoms with Crippen LogP contribution in [0.1, 0.15) is 46.5 Å². The number of carbonyl (C=O) groups excluding carboxylic acids is 1. The zero-order chi connectivity index (χ0) is 11.5. The Balaban J connectivity index is 1.89. The van der Waals surface area contributed by atoms with Crippen LogP contribution in [0.2, 0.25) is 0 Å². The molecule has 0 N–H and O–H groups in total. The summed E-state index contributed by atoms with van der Waals surface area (Å²) in [5.41, 5.74) is 2.07. The van der Waals surface area contributed by atoms with Crippen LogP contribution in [0.4, 0.5) is 0 Å². The van der Waals surface area contributed by atoms with Crippen molar-refractivity contribution < 1.29 is 4.79 Å². The maximum atomic E-state index is 11.7. The predicted molar refractivity (Wildman–Crippen MR) is 65.0 cm³/mol. The Bertz CT molecular complexity index is 364. The molecule has 4 atom stereocenters. The van der Waals surface area contributed by atoms with E-state index in [-0.39, 0.29) is 0 Å². The molecule has 1 nitrogen and oxygen atoms in total. The van der Waals surface area contributed by atoms with Crippen LogP contribution in [0.25, 0.3) is 0 Å². The standard InChI is InChI=1S/C15H22O/c1-4-5-9-6-11(16)7-10-8-12-14(13(9)10)15(12,2)3/h7,9,12-14H,4-6,8H2,1-3H3/t9-,12?,13+,14+/m0/s1. The lowest BCUT2D eigenvalue weighted by Gasteiger charge is -2.31. The van der Waals surface area contributed by atoms with Gasteiger partial charge in [0.1, 0.15) is 0 Å². The van der Waals surface area contributed by atoms with Gasteiger partial charge in [0.05, 0.1) is 0 Å². The van der Waals surface area contributed by atoms with Gasteiger partial charge in [-0.3, -0.25) is 4.79 Å². The fourth-order valence-electron chi connectivity index (χ4n) is 4.56. The second-order valence-corrected chi connectivity index (χ2v) is 6.62. The summed E-state index contributed by atoms with van der Waals surface area (Å²) in [5, 5.41) is 0. The molecule has 0 spiro atoms. The van der Waals surface area contributed by atoms with Gasteiger partial charge < -0.3 is 0 Å². The minimum absolute atomic E-state index is 0.392. The van der Waals surface area contributed by atoms with Gasteiger partial charge in [-0.1, -0.05) is 32.8 Å². The average Bonchev–Trinajstić information content (AvgIpc) is 2.60. The summed E-state index contributed by atoms with van der Waals surface area (Å²) >= 11 is 0. The molecule has 0 saturated heterocycles. The van der Waals surface area contributed by atoms with Crippen LogP contribution in [0.15, 0.2) is 11.6 Å². The lowest BCUT2D eigenvalue weighted by molar-refractivity contribution is -0.116. The van der Waals surface area contributed by atoms with Crippen molar-refractivity contribution in [1.82, 2.24) is 0 Å². The normalized spacial score (nSPS) is 43.7. The Hall–Kier alpha value is -0.590. The van der Waals surface area contributed by atoms with Gasteiger partial charge in [0.15, 0.2) is 5.78 Å². The fourth-order valence-corrected chi connectivity index (χ4v) is 4.56. The highest BCUT2D eigenvalue weighted by molar-refractivity contribution is 5.92. The molecular formula is C15H22O. The zero-order valence-corrected chi connectivity index (χ0v) is 10.6. The zero-order valence-electron chi connectivity index (χ0n) is 10.6. The van der Waals surface area contributed by atoms with E-state index in [9.17, 15) is 4.79 Å². The van der Waals surface area contributed by atoms with Gasteiger partial charge >= 0.3 is 0 Å². The summed E-state index contributed by atoms with van der Waals surface area (Å²) in [7, 11) is 0. The molecule has 0 aliphatic heterocycles. The van der Waals surface area contributed by atoms with Crippen LogP contribution < -0.4 is 0 Å². The molecule has 0 heterocycles. The third-order valence-corrected chi connectivity index (χ3v) is 5.39. The van der Waals surface area contributed by atoms with Crippen molar-refractivity contribution >= 4 is 5.78 Å². The van der Waals surface area contributed by atoms with Gasteiger partial charge in [0, 0.05) is 6.42 Å². The molecule has 0 amide bonds. The predicted octanol–water partition coefficient (Wildman–Crippen LogP) is 3.59. The lowest BCUT2D eigenvalue weighted by atomic mass is 9.72. The molecule has 3 rings (SSSR count). The summed E-state index contributed by atoms with van der Waals surface area (Å²) in [6.45, 7) is 7.07. The van der Waals surface area contributed by atoms with E-state index in [2.05, 4.69) is 20.8 Å². The van der Waals surface area contributed by atoms with E-state index in [1.165, 1.54) is 24.8 Å². The maximum Gasteiger partial charge on any atom is 0.155 e. The molecule has 1 heteroatoms. The average molecular weight is 218 g/mol. The Kier molecular flexibility index (Phi) is 2.12. The minimum Gasteiger partial charge on any atom is -0.295 e. The summed E-state index contributed by atoms with van der Waals surface area (Å²) in [4.78, 5) is 11.7. The minimum atomic E-state index is 0.392. The molecule has 3 aliphatic rings. The molecule has 88 valence electrons. The first-order valence-corrected chi connectivity index (χ1v) is 6.79. The summed E-state index contributed by atoms with van der Waals surface area (Å²) in [6, 6.07) is 0. The maximum absolute atomic E-state index is 11.7. The van der Waals surface area contributed by atoms with Crippen LogP contribution in [-0.2, 0) is 4.79 Å². The van der Waals surface area contributed by atoms with Crippen LogP contribution in [0, 0.1) is 29.1 Å². The molecule has 0 aromatic heterocycles. The summed E-state index contributed by atoms with van der Waals surface area (Å²) in [6.07, 6.45) is 6.49. The molecule has 0 aromatic rings. The van der Waals surface area contributed by atoms with Crippen molar-refractivity contribution in [2.24, 2.45) is 29.1 Å². The Morgan fingerprint density at radius 3 is 2.81 bits per heavy atom. The SMILES string of the molecule is CCC[C@H]1CC(=O)C=C2CC3[C@H]([C@@H]21)C3(C)C. The van der Waals surface area contributed by atoms with Crippen LogP contribution >= 0.6 is 0 Å². The van der Waals surface area contributed by atoms with E-state index < -0.39 is 0 Å². The van der Waals surface area contributed by atoms with Crippen molar-refractivity contribution in [2.45, 2.75) is 46.5 Å². The number of hydrogen-bond donors (Lipinski definition) is 0. The van der Waals surface area contributed by atoms with E-state index in [0.29, 0.717) is 17.1 Å². The third-order valence-electron chi connectivity index (χ3n) is 5.39. The van der Waals surface area contributed by atoms with Gasteiger partial charge in [-0.05, 0) is 48.0 Å². The Labute approximate surface area is 98.3 Å². The van der Waals surface area contributed by atoms with E-state index in [1.54, 1.807) is 0 Å². The van der Waals surface area contributed by atoms with E-state index in [1.807, 2.05) is 6.08 Å². The molecule has 0 radical (unpaired) electrons. The Morgan fingerprint density at radius 1 is 1.38 bits per heavy atom. The topological polar surface area (TPSA) is 17.1 Å². The fraction of sp³-hybridized carbons (Fsp3) is 0.800. The van der Waals surface area contributed by atoms with Gasteiger partial charge in [-0.15, -0.1) is 0 Å². The first-order chi connectivity index (χ1) is 7.55. The monoisotopic (exact) mass is 218 g/mol. The Morgan fingerprint density at radius 2 is 2.12 bits per heavy atom. The van der Waals surface area contributed by atoms with Crippen molar-refractivity contribution in [3.63, 3.8) is 0 Å². The summed E-state index contributed by atoms with van der Waals surface area (Å²) in [5.74, 6) is 3.59. The van der Waals surface area contributed by atoms with Gasteiger partial charge in [0.2, 0.25) is 0 Å². The van der Waals surface area contributed by atoms with Crippen LogP contribution in [-0.4, -0.2) is 5.78 Å². The molecule has 0 aromatic carbocycles. The van der Waals surface area contributed by atoms with Crippen molar-refractivity contribution in [1.29, 1.82) is 0 Å². The molecule has 2 fully saturated rings. The third kappa shape index (κ3) is 1.26. The van der Waals surface area contributed by atoms with E-state index >= 15 is 0 Å². The van der Waals surface area contributed by atoms with Crippen molar-refractivity contribution in [3.8, 4) is 0 Å². The largest absolute Gasteiger partial charge is 0.295 e. The van der Waals surface area contributed by atoms with Crippen molar-refractivity contribution in [2.75, 3.05) is 0 Å². The number of rotatable bonds is 2. The number of fused-ring (bicyclic) bond motifs is 3. The van der Waals surface area contributed by atoms with Gasteiger partial charge in [-0.2, -0.15) is 0 Å². The number of hydrogen-bond acceptors (Lipinski definition) is 1. The van der Waals surface area contributed by atoms with Gasteiger partial charge in [-0.25, -0.2) is 0 Å². The molecule has 16 heavy (non-hydrogen) atoms. The number of allylic oxidation sites excluding steroid dienone is 2. The van der Waals surface area contributed by atoms with E-state index in [4.69, 9.17) is 0 Å². The van der Waals surface area contributed by atoms with E-state index in [0.717, 1.165) is 24.2 Å². The second-order valence-electron chi connectivity index (χ2n) is 6.62. The quantitative estimate of drug-likeness (QED) is 0.692. The second kappa shape index (κ2) is 3.21. The molecule has 0 bridgehead atoms. The molecule has 1 unspecified atom stereocenters.